The molecule has 0 saturated heterocycles. The summed E-state index contributed by atoms with van der Waals surface area (Å²) in [5.41, 5.74) is 7.30. The number of rotatable bonds is 13. The van der Waals surface area contributed by atoms with Crippen molar-refractivity contribution in [2.45, 2.75) is 179 Å². The third-order valence-corrected chi connectivity index (χ3v) is 23.7. The Balaban J connectivity index is 0.994. The number of methoxy groups -OCH3 is 1. The molecule has 6 aliphatic carbocycles. The number of benzene rings is 4. The quantitative estimate of drug-likeness (QED) is 0.0424. The molecule has 6 bridgehead atoms. The van der Waals surface area contributed by atoms with Crippen LogP contribution in [0.4, 0.5) is 5.69 Å². The van der Waals surface area contributed by atoms with Crippen LogP contribution in [0, 0.1) is 45.8 Å². The summed E-state index contributed by atoms with van der Waals surface area (Å²) in [7, 11) is 1.50. The van der Waals surface area contributed by atoms with E-state index < -0.39 is 35.0 Å². The lowest BCUT2D eigenvalue weighted by molar-refractivity contribution is -0.148. The van der Waals surface area contributed by atoms with Crippen LogP contribution in [0.15, 0.2) is 139 Å². The number of esters is 1. The number of ether oxygens (including phenoxy) is 3. The molecule has 502 valence electrons. The van der Waals surface area contributed by atoms with E-state index in [0.717, 1.165) is 139 Å². The van der Waals surface area contributed by atoms with E-state index in [-0.39, 0.29) is 101 Å². The highest BCUT2D eigenvalue weighted by Crippen LogP contribution is 2.66. The lowest BCUT2D eigenvalue weighted by atomic mass is 9.61. The number of allylic oxidation sites excluding steroid dienone is 6. The second kappa shape index (κ2) is 26.9. The normalized spacial score (nSPS) is 28.1. The number of phenolic OH excluding ortho intramolecular Hbond substituents is 3. The van der Waals surface area contributed by atoms with Crippen molar-refractivity contribution in [1.82, 2.24) is 14.9 Å². The molecule has 0 amide bonds. The van der Waals surface area contributed by atoms with Crippen molar-refractivity contribution in [1.29, 1.82) is 0 Å². The van der Waals surface area contributed by atoms with Gasteiger partial charge in [-0.15, -0.1) is 0 Å². The fourth-order valence-electron chi connectivity index (χ4n) is 19.0. The van der Waals surface area contributed by atoms with Gasteiger partial charge in [0.1, 0.15) is 40.7 Å². The van der Waals surface area contributed by atoms with Gasteiger partial charge >= 0.3 is 5.97 Å². The zero-order valence-electron chi connectivity index (χ0n) is 55.7. The third-order valence-electron chi connectivity index (χ3n) is 23.7. The molecule has 4 aromatic carbocycles. The number of aliphatic hydroxyl groups is 2. The van der Waals surface area contributed by atoms with Gasteiger partial charge in [-0.1, -0.05) is 92.2 Å². The van der Waals surface area contributed by atoms with Crippen LogP contribution in [-0.4, -0.2) is 85.5 Å². The van der Waals surface area contributed by atoms with Crippen molar-refractivity contribution in [3.05, 3.63) is 172 Å². The second-order valence-corrected chi connectivity index (χ2v) is 29.4. The molecule has 3 spiro atoms. The van der Waals surface area contributed by atoms with Crippen molar-refractivity contribution in [2.75, 3.05) is 31.7 Å². The predicted octanol–water partition coefficient (Wildman–Crippen LogP) is 15.2. The van der Waals surface area contributed by atoms with Crippen LogP contribution in [0.25, 0.3) is 10.8 Å². The summed E-state index contributed by atoms with van der Waals surface area (Å²) in [6, 6.07) is 20.7. The Kier molecular flexibility index (Phi) is 18.2. The molecule has 10 atom stereocenters. The molecule has 15 nitrogen and oxygen atoms in total. The van der Waals surface area contributed by atoms with Crippen molar-refractivity contribution >= 4 is 34.0 Å². The molecule has 4 heterocycles. The number of carbonyl (C=O) groups excluding carboxylic acids is 3. The Bertz CT molecular complexity index is 4170. The SMILES string of the molecule is COc1cc(C2CC(=O)CC(OC(C)=O)CCC34Cc5c[nH]cc5C(C#CCC3=CC=CC4C)C(c3cccc(O)c3)C3=CCNC(=C3)N(CCC(=O)C3CCCCC3)c3ccc4c5c(n2cc35)CC2(CCC3(CCC(CCCO)C3)C2)C4O)cc(O)c1Oc1cccc(O)c1. The zero-order valence-corrected chi connectivity index (χ0v) is 55.7. The highest BCUT2D eigenvalue weighted by molar-refractivity contribution is 6.00. The molecule has 2 aromatic heterocycles. The number of nitrogens with one attached hydrogen (secondary N) is 2. The van der Waals surface area contributed by atoms with E-state index in [1.54, 1.807) is 24.3 Å². The number of dihydropyridines is 1. The zero-order chi connectivity index (χ0) is 66.5. The summed E-state index contributed by atoms with van der Waals surface area (Å²) < 4.78 is 20.9. The average Bonchev–Trinajstić information content (AvgIpc) is 1.53. The minimum atomic E-state index is -0.833. The Hall–Kier alpha value is -8.45. The van der Waals surface area contributed by atoms with Gasteiger partial charge in [-0.2, -0.15) is 0 Å². The average molecular weight is 1300 g/mol. The van der Waals surface area contributed by atoms with E-state index in [1.165, 1.54) is 31.7 Å². The number of aliphatic hydroxyl groups excluding tert-OH is 2. The first-order valence-corrected chi connectivity index (χ1v) is 35.3. The van der Waals surface area contributed by atoms with E-state index in [0.29, 0.717) is 56.7 Å². The summed E-state index contributed by atoms with van der Waals surface area (Å²) in [6.45, 7) is 4.60. The Morgan fingerprint density at radius 1 is 0.875 bits per heavy atom. The number of hydrogen-bond acceptors (Lipinski definition) is 13. The third kappa shape index (κ3) is 12.5. The van der Waals surface area contributed by atoms with Gasteiger partial charge in [0.2, 0.25) is 5.75 Å². The van der Waals surface area contributed by atoms with Crippen LogP contribution >= 0.6 is 0 Å². The predicted molar refractivity (Wildman–Crippen MR) is 370 cm³/mol. The molecule has 14 rings (SSSR count). The van der Waals surface area contributed by atoms with Gasteiger partial charge < -0.3 is 59.5 Å². The fourth-order valence-corrected chi connectivity index (χ4v) is 19.0. The number of ketones is 2. The van der Waals surface area contributed by atoms with Gasteiger partial charge in [0, 0.05) is 116 Å². The van der Waals surface area contributed by atoms with Gasteiger partial charge in [-0.05, 0) is 189 Å². The maximum atomic E-state index is 15.9. The molecular weight excluding hydrogens is 1200 g/mol. The van der Waals surface area contributed by atoms with Crippen LogP contribution in [0.1, 0.15) is 193 Å². The number of fused-ring (bicyclic) bond motifs is 3. The Morgan fingerprint density at radius 2 is 1.71 bits per heavy atom. The number of H-pyrrole nitrogens is 1. The number of hydrogen-bond donors (Lipinski definition) is 7. The van der Waals surface area contributed by atoms with E-state index in [4.69, 9.17) is 14.2 Å². The van der Waals surface area contributed by atoms with Gasteiger partial charge in [-0.25, -0.2) is 0 Å². The summed E-state index contributed by atoms with van der Waals surface area (Å²) >= 11 is 0. The number of anilines is 1. The molecule has 10 unspecified atom stereocenters. The summed E-state index contributed by atoms with van der Waals surface area (Å²) in [5, 5.41) is 63.2. The molecule has 3 fully saturated rings. The maximum absolute atomic E-state index is 15.9. The number of carbonyl (C=O) groups is 3. The number of aromatic nitrogens is 2. The van der Waals surface area contributed by atoms with E-state index >= 15 is 4.79 Å². The summed E-state index contributed by atoms with van der Waals surface area (Å²) in [4.78, 5) is 49.8. The van der Waals surface area contributed by atoms with Gasteiger partial charge in [0.05, 0.1) is 30.9 Å². The van der Waals surface area contributed by atoms with Crippen molar-refractivity contribution in [2.24, 2.45) is 34.0 Å². The molecular formula is C81H92N4O11. The van der Waals surface area contributed by atoms with Crippen molar-refractivity contribution in [3.63, 3.8) is 0 Å². The van der Waals surface area contributed by atoms with E-state index in [9.17, 15) is 35.1 Å². The lowest BCUT2D eigenvalue weighted by Crippen LogP contribution is -2.37. The standard InChI is InChI=1S/C81H92N4O11/c1-50-12-7-17-58-18-9-22-64-66-47-82-46-57(66)44-81(50,58)30-26-63(95-51(2)87)41-61(90)42-69(56-37-72(92)77(73(38-56)94-3)96-62-21-10-20-60(89)40-62)85-48-67-68(24-23-65-76(67)70(85)45-80(78(65)93)32-31-79(49-80)29-25-52(43-79)13-11-35-86)84(34-28-71(91)53-14-5-4-6-15-53)74-39-55(27-33-83-74)75(64)54-16-8-19-59(88)36-54/h7-8,10,12,16-17,19-21,23-24,27,36-40,46-48,50,52-53,63-64,69,75,78,82-83,86,88-89,92-93H,4-6,11,13-15,18,25-26,28-35,41-45,49H2,1-3H3. The van der Waals surface area contributed by atoms with Crippen molar-refractivity contribution in [3.8, 4) is 46.3 Å². The summed E-state index contributed by atoms with van der Waals surface area (Å²) in [6.07, 6.45) is 30.8. The first kappa shape index (κ1) is 64.9. The molecule has 96 heavy (non-hydrogen) atoms. The second-order valence-electron chi connectivity index (χ2n) is 29.4. The Morgan fingerprint density at radius 3 is 2.51 bits per heavy atom. The van der Waals surface area contributed by atoms with Gasteiger partial charge in [0.25, 0.3) is 0 Å². The maximum Gasteiger partial charge on any atom is 0.302 e. The smallest absolute Gasteiger partial charge is 0.302 e. The minimum absolute atomic E-state index is 0.0201. The van der Waals surface area contributed by atoms with Gasteiger partial charge in [-0.3, -0.25) is 14.4 Å². The Labute approximate surface area is 563 Å². The topological polar surface area (TPSA) is 216 Å². The highest BCUT2D eigenvalue weighted by Gasteiger charge is 2.57. The van der Waals surface area contributed by atoms with Crippen LogP contribution in [0.5, 0.6) is 34.5 Å². The molecule has 3 saturated carbocycles. The molecule has 8 aliphatic rings. The monoisotopic (exact) mass is 1300 g/mol. The van der Waals surface area contributed by atoms with Crippen LogP contribution in [0.2, 0.25) is 0 Å². The number of aromatic hydroxyl groups is 3. The highest BCUT2D eigenvalue weighted by atomic mass is 16.5. The molecule has 0 radical (unpaired) electrons. The van der Waals surface area contributed by atoms with E-state index in [1.807, 2.05) is 18.2 Å². The van der Waals surface area contributed by atoms with Gasteiger partial charge in [0.15, 0.2) is 11.5 Å². The molecule has 2 aliphatic heterocycles. The van der Waals surface area contributed by atoms with Crippen LogP contribution < -0.4 is 19.7 Å². The number of aromatic amines is 1. The molecule has 7 N–H and O–H groups in total. The molecule has 15 heteroatoms. The fraction of sp³-hybridized carbons (Fsp3) is 0.469. The van der Waals surface area contributed by atoms with Crippen LogP contribution in [0.3, 0.4) is 0 Å². The lowest BCUT2D eigenvalue weighted by Gasteiger charge is -2.43. The minimum Gasteiger partial charge on any atom is -0.508 e. The number of phenols is 3. The van der Waals surface area contributed by atoms with E-state index in [2.05, 4.69) is 106 Å². The molecule has 6 aromatic rings. The largest absolute Gasteiger partial charge is 0.508 e. The number of nitrogens with zero attached hydrogens (tertiary/aromatic N) is 2. The number of Topliss-reactive ketones (excluding diaryl/α,β-unsaturated/α-hetero) is 2. The first-order chi connectivity index (χ1) is 46.5. The summed E-state index contributed by atoms with van der Waals surface area (Å²) in [5.74, 6) is 8.06. The first-order valence-electron chi connectivity index (χ1n) is 35.3. The van der Waals surface area contributed by atoms with Crippen molar-refractivity contribution < 1.29 is 54.1 Å². The van der Waals surface area contributed by atoms with Crippen LogP contribution in [-0.2, 0) is 32.0 Å².